The van der Waals surface area contributed by atoms with Crippen molar-refractivity contribution in [3.8, 4) is 11.6 Å². The number of aliphatic hydroxyl groups is 1. The van der Waals surface area contributed by atoms with E-state index in [4.69, 9.17) is 63.6 Å². The Morgan fingerprint density at radius 2 is 1.38 bits per heavy atom. The minimum Gasteiger partial charge on any atom is -0.475 e. The van der Waals surface area contributed by atoms with Gasteiger partial charge in [0.1, 0.15) is 12.0 Å². The molecule has 0 atom stereocenters. The summed E-state index contributed by atoms with van der Waals surface area (Å²) >= 11 is 19.4. The smallest absolute Gasteiger partial charge is 0.227 e. The van der Waals surface area contributed by atoms with Gasteiger partial charge in [0, 0.05) is 11.8 Å². The number of pyridine rings is 2. The van der Waals surface area contributed by atoms with Crippen molar-refractivity contribution in [2.24, 2.45) is 0 Å². The first-order chi connectivity index (χ1) is 18.0. The zero-order valence-corrected chi connectivity index (χ0v) is 22.7. The summed E-state index contributed by atoms with van der Waals surface area (Å²) in [6, 6.07) is 6.63. The van der Waals surface area contributed by atoms with E-state index in [1.165, 1.54) is 12.3 Å². The predicted molar refractivity (Wildman–Crippen MR) is 143 cm³/mol. The van der Waals surface area contributed by atoms with E-state index in [1.54, 1.807) is 29.7 Å². The Morgan fingerprint density at radius 3 is 1.95 bits per heavy atom. The highest BCUT2D eigenvalue weighted by Crippen LogP contribution is 2.35. The summed E-state index contributed by atoms with van der Waals surface area (Å²) in [7, 11) is 0. The Balaban J connectivity index is 1.55. The highest BCUT2D eigenvalue weighted by atomic mass is 35.5. The van der Waals surface area contributed by atoms with Crippen LogP contribution >= 0.6 is 34.8 Å². The minimum atomic E-state index is -0.284. The molecule has 3 rings (SSSR count). The van der Waals surface area contributed by atoms with Crippen molar-refractivity contribution in [2.75, 3.05) is 66.1 Å². The van der Waals surface area contributed by atoms with E-state index >= 15 is 0 Å². The first kappa shape index (κ1) is 29.6. The second-order valence-electron chi connectivity index (χ2n) is 7.71. The van der Waals surface area contributed by atoms with Gasteiger partial charge >= 0.3 is 0 Å². The molecule has 2 heterocycles. The molecule has 0 radical (unpaired) electrons. The zero-order chi connectivity index (χ0) is 26.6. The van der Waals surface area contributed by atoms with Crippen LogP contribution in [0.1, 0.15) is 5.69 Å². The van der Waals surface area contributed by atoms with Crippen LogP contribution in [0.5, 0.6) is 5.88 Å². The summed E-state index contributed by atoms with van der Waals surface area (Å²) in [6.07, 6.45) is 1.43. The molecule has 0 fully saturated rings. The minimum absolute atomic E-state index is 0.000756. The van der Waals surface area contributed by atoms with Crippen LogP contribution in [0.15, 0.2) is 35.3 Å². The molecule has 9 nitrogen and oxygen atoms in total. The topological polar surface area (TPSA) is 101 Å². The molecule has 0 aliphatic heterocycles. The normalized spacial score (nSPS) is 11.4. The Labute approximate surface area is 229 Å². The largest absolute Gasteiger partial charge is 0.475 e. The number of hydrogen-bond donors (Lipinski definition) is 1. The van der Waals surface area contributed by atoms with Crippen LogP contribution < -0.4 is 10.2 Å². The standard InChI is InChI=1S/C25H29Cl3N2O7/c1-17-15-21(32)22-24(30(17)23-18(26)3-2-4-19(23)27)20(28)16-29-25(22)37-14-13-36-12-11-35-10-9-34-8-7-33-6-5-31/h2-4,15-16,31H,5-14H2,1H3. The maximum Gasteiger partial charge on any atom is 0.227 e. The number of aryl methyl sites for hydroxylation is 1. The van der Waals surface area contributed by atoms with Crippen molar-refractivity contribution in [1.29, 1.82) is 0 Å². The summed E-state index contributed by atoms with van der Waals surface area (Å²) in [5, 5.41) is 9.90. The molecule has 0 bridgehead atoms. The number of aromatic nitrogens is 2. The number of halogens is 3. The van der Waals surface area contributed by atoms with E-state index in [9.17, 15) is 4.79 Å². The van der Waals surface area contributed by atoms with Crippen molar-refractivity contribution in [1.82, 2.24) is 9.55 Å². The van der Waals surface area contributed by atoms with Crippen LogP contribution in [0.25, 0.3) is 16.6 Å². The van der Waals surface area contributed by atoms with Gasteiger partial charge in [0.15, 0.2) is 5.43 Å². The molecule has 0 amide bonds. The summed E-state index contributed by atoms with van der Waals surface area (Å²) < 4.78 is 28.9. The first-order valence-electron chi connectivity index (χ1n) is 11.7. The van der Waals surface area contributed by atoms with Crippen molar-refractivity contribution >= 4 is 45.7 Å². The third-order valence-corrected chi connectivity index (χ3v) is 6.00. The van der Waals surface area contributed by atoms with Crippen LogP contribution in [0.2, 0.25) is 15.1 Å². The first-order valence-corrected chi connectivity index (χ1v) is 12.8. The van der Waals surface area contributed by atoms with Crippen LogP contribution in [-0.4, -0.2) is 80.7 Å². The summed E-state index contributed by atoms with van der Waals surface area (Å²) in [4.78, 5) is 17.2. The van der Waals surface area contributed by atoms with Gasteiger partial charge in [-0.25, -0.2) is 4.98 Å². The fourth-order valence-electron chi connectivity index (χ4n) is 3.53. The fraction of sp³-hybridized carbons (Fsp3) is 0.440. The van der Waals surface area contributed by atoms with Crippen LogP contribution in [0.4, 0.5) is 0 Å². The second kappa shape index (κ2) is 15.5. The molecule has 0 aliphatic rings. The quantitative estimate of drug-likeness (QED) is 0.255. The van der Waals surface area contributed by atoms with E-state index in [1.807, 2.05) is 0 Å². The fourth-order valence-corrected chi connectivity index (χ4v) is 4.32. The Kier molecular flexibility index (Phi) is 12.4. The van der Waals surface area contributed by atoms with Gasteiger partial charge < -0.3 is 33.4 Å². The van der Waals surface area contributed by atoms with Gasteiger partial charge in [0.05, 0.1) is 91.9 Å². The summed E-state index contributed by atoms with van der Waals surface area (Å²) in [5.74, 6) is 0.140. The molecule has 1 aromatic carbocycles. The number of fused-ring (bicyclic) bond motifs is 1. The number of nitrogens with zero attached hydrogens (tertiary/aromatic N) is 2. The van der Waals surface area contributed by atoms with Crippen molar-refractivity contribution in [2.45, 2.75) is 6.92 Å². The molecule has 1 N–H and O–H groups in total. The third kappa shape index (κ3) is 8.27. The lowest BCUT2D eigenvalue weighted by molar-refractivity contribution is -0.00786. The maximum atomic E-state index is 12.9. The molecule has 0 saturated heterocycles. The molecular weight excluding hydrogens is 547 g/mol. The lowest BCUT2D eigenvalue weighted by atomic mass is 10.2. The highest BCUT2D eigenvalue weighted by Gasteiger charge is 2.20. The number of rotatable bonds is 16. The number of benzene rings is 1. The second-order valence-corrected chi connectivity index (χ2v) is 8.93. The molecule has 0 aliphatic carbocycles. The van der Waals surface area contributed by atoms with Crippen LogP contribution in [0.3, 0.4) is 0 Å². The lowest BCUT2D eigenvalue weighted by Gasteiger charge is -2.19. The molecule has 0 saturated carbocycles. The average molecular weight is 576 g/mol. The van der Waals surface area contributed by atoms with Crippen LogP contribution in [0, 0.1) is 6.92 Å². The summed E-state index contributed by atoms with van der Waals surface area (Å²) in [6.45, 7) is 5.03. The van der Waals surface area contributed by atoms with Gasteiger partial charge in [0.2, 0.25) is 5.88 Å². The highest BCUT2D eigenvalue weighted by molar-refractivity contribution is 6.38. The molecule has 37 heavy (non-hydrogen) atoms. The van der Waals surface area contributed by atoms with E-state index in [2.05, 4.69) is 4.98 Å². The summed E-state index contributed by atoms with van der Waals surface area (Å²) in [5.41, 5.74) is 1.24. The zero-order valence-electron chi connectivity index (χ0n) is 20.4. The van der Waals surface area contributed by atoms with E-state index in [-0.39, 0.29) is 41.5 Å². The number of hydrogen-bond acceptors (Lipinski definition) is 8. The third-order valence-electron chi connectivity index (χ3n) is 5.11. The lowest BCUT2D eigenvalue weighted by Crippen LogP contribution is -2.16. The molecule has 12 heteroatoms. The van der Waals surface area contributed by atoms with Crippen LogP contribution in [-0.2, 0) is 18.9 Å². The Morgan fingerprint density at radius 1 is 0.838 bits per heavy atom. The SMILES string of the molecule is Cc1cc(=O)c2c(OCCOCCOCCOCCOCCO)ncc(Cl)c2n1-c1c(Cl)cccc1Cl. The number of ether oxygens (including phenoxy) is 5. The maximum absolute atomic E-state index is 12.9. The van der Waals surface area contributed by atoms with E-state index in [0.717, 1.165) is 0 Å². The average Bonchev–Trinajstić information content (AvgIpc) is 2.86. The van der Waals surface area contributed by atoms with Gasteiger partial charge in [-0.2, -0.15) is 0 Å². The predicted octanol–water partition coefficient (Wildman–Crippen LogP) is 4.09. The Hall–Kier alpha value is -1.95. The molecular formula is C25H29Cl3N2O7. The van der Waals surface area contributed by atoms with E-state index in [0.29, 0.717) is 73.2 Å². The van der Waals surface area contributed by atoms with Gasteiger partial charge in [-0.1, -0.05) is 40.9 Å². The molecule has 0 spiro atoms. The van der Waals surface area contributed by atoms with Crippen molar-refractivity contribution in [3.05, 3.63) is 61.4 Å². The molecule has 2 aromatic heterocycles. The van der Waals surface area contributed by atoms with E-state index < -0.39 is 0 Å². The molecule has 3 aromatic rings. The van der Waals surface area contributed by atoms with Crippen molar-refractivity contribution in [3.63, 3.8) is 0 Å². The van der Waals surface area contributed by atoms with Gasteiger partial charge in [-0.15, -0.1) is 0 Å². The number of para-hydroxylation sites is 1. The Bertz CT molecular complexity index is 1200. The van der Waals surface area contributed by atoms with Gasteiger partial charge in [-0.3, -0.25) is 4.79 Å². The van der Waals surface area contributed by atoms with Crippen molar-refractivity contribution < 1.29 is 28.8 Å². The van der Waals surface area contributed by atoms with Gasteiger partial charge in [0.25, 0.3) is 0 Å². The van der Waals surface area contributed by atoms with Gasteiger partial charge in [-0.05, 0) is 19.1 Å². The molecule has 202 valence electrons. The molecule has 0 unspecified atom stereocenters. The number of aliphatic hydroxyl groups excluding tert-OH is 1. The monoisotopic (exact) mass is 574 g/mol.